The van der Waals surface area contributed by atoms with Crippen molar-refractivity contribution in [3.63, 3.8) is 0 Å². The number of amides is 2. The minimum atomic E-state index is -0.568. The van der Waals surface area contributed by atoms with Crippen molar-refractivity contribution in [1.29, 1.82) is 0 Å². The fourth-order valence-corrected chi connectivity index (χ4v) is 4.58. The zero-order valence-electron chi connectivity index (χ0n) is 18.9. The second-order valence-electron chi connectivity index (χ2n) is 10.4. The van der Waals surface area contributed by atoms with Gasteiger partial charge in [0.2, 0.25) is 0 Å². The molecule has 0 N–H and O–H groups in total. The Morgan fingerprint density at radius 1 is 1.29 bits per heavy atom. The van der Waals surface area contributed by atoms with Gasteiger partial charge in [0.25, 0.3) is 5.91 Å². The highest BCUT2D eigenvalue weighted by Gasteiger charge is 2.41. The summed E-state index contributed by atoms with van der Waals surface area (Å²) in [7, 11) is 0. The predicted octanol–water partition coefficient (Wildman–Crippen LogP) is 3.43. The van der Waals surface area contributed by atoms with E-state index >= 15 is 0 Å². The summed E-state index contributed by atoms with van der Waals surface area (Å²) in [6.07, 6.45) is 0.647. The standard InChI is InChI=1S/C22H31ClN4O4/c1-21(2,3)31-20(29)25-8-9-27-14(11-25)12-30-15-10-16(23)24-18(17(15)19(27)28)26-7-6-22(4,5)13-26/h10,14H,6-9,11-13H2,1-5H3/t14-/m1/s1. The minimum absolute atomic E-state index is 0.120. The van der Waals surface area contributed by atoms with Gasteiger partial charge < -0.3 is 24.2 Å². The highest BCUT2D eigenvalue weighted by atomic mass is 35.5. The third kappa shape index (κ3) is 4.54. The van der Waals surface area contributed by atoms with Crippen LogP contribution in [0, 0.1) is 5.41 Å². The average molecular weight is 451 g/mol. The summed E-state index contributed by atoms with van der Waals surface area (Å²) in [5, 5.41) is 0.307. The third-order valence-corrected chi connectivity index (χ3v) is 6.14. The highest BCUT2D eigenvalue weighted by molar-refractivity contribution is 6.30. The van der Waals surface area contributed by atoms with E-state index in [1.165, 1.54) is 0 Å². The number of nitrogens with zero attached hydrogens (tertiary/aromatic N) is 4. The first-order valence-corrected chi connectivity index (χ1v) is 11.2. The second-order valence-corrected chi connectivity index (χ2v) is 10.8. The van der Waals surface area contributed by atoms with Crippen LogP contribution in [-0.4, -0.2) is 77.8 Å². The normalized spacial score (nSPS) is 23.1. The Morgan fingerprint density at radius 3 is 2.68 bits per heavy atom. The molecule has 3 aliphatic heterocycles. The van der Waals surface area contributed by atoms with Crippen molar-refractivity contribution in [2.24, 2.45) is 5.41 Å². The van der Waals surface area contributed by atoms with E-state index in [2.05, 4.69) is 23.7 Å². The molecule has 0 spiro atoms. The number of halogens is 1. The monoisotopic (exact) mass is 450 g/mol. The topological polar surface area (TPSA) is 75.2 Å². The van der Waals surface area contributed by atoms with Gasteiger partial charge in [-0.25, -0.2) is 9.78 Å². The largest absolute Gasteiger partial charge is 0.490 e. The first kappa shape index (κ1) is 22.0. The summed E-state index contributed by atoms with van der Waals surface area (Å²) >= 11 is 6.30. The van der Waals surface area contributed by atoms with Gasteiger partial charge in [-0.05, 0) is 32.6 Å². The van der Waals surface area contributed by atoms with Crippen LogP contribution in [0.3, 0.4) is 0 Å². The van der Waals surface area contributed by atoms with Crippen molar-refractivity contribution in [1.82, 2.24) is 14.8 Å². The summed E-state index contributed by atoms with van der Waals surface area (Å²) in [5.74, 6) is 0.932. The Hall–Kier alpha value is -2.22. The first-order valence-electron chi connectivity index (χ1n) is 10.8. The van der Waals surface area contributed by atoms with E-state index in [9.17, 15) is 9.59 Å². The number of piperazine rings is 1. The number of hydrogen-bond donors (Lipinski definition) is 0. The maximum atomic E-state index is 13.6. The van der Waals surface area contributed by atoms with Gasteiger partial charge in [-0.1, -0.05) is 25.4 Å². The predicted molar refractivity (Wildman–Crippen MR) is 118 cm³/mol. The lowest BCUT2D eigenvalue weighted by atomic mass is 9.93. The molecule has 0 unspecified atom stereocenters. The van der Waals surface area contributed by atoms with Gasteiger partial charge in [0.05, 0.1) is 6.04 Å². The van der Waals surface area contributed by atoms with E-state index < -0.39 is 5.60 Å². The van der Waals surface area contributed by atoms with Crippen LogP contribution < -0.4 is 9.64 Å². The SMILES string of the molecule is CC1(C)CCN(c2nc(Cl)cc3c2C(=O)N2CCN(C(=O)OC(C)(C)C)C[C@@H]2CO3)C1. The molecule has 9 heteroatoms. The van der Waals surface area contributed by atoms with Crippen LogP contribution in [0.2, 0.25) is 5.15 Å². The number of carbonyl (C=O) groups is 2. The summed E-state index contributed by atoms with van der Waals surface area (Å²) < 4.78 is 11.6. The minimum Gasteiger partial charge on any atom is -0.490 e. The molecule has 1 aromatic heterocycles. The van der Waals surface area contributed by atoms with Gasteiger partial charge in [0, 0.05) is 38.8 Å². The fourth-order valence-electron chi connectivity index (χ4n) is 4.40. The van der Waals surface area contributed by atoms with Crippen LogP contribution in [0.5, 0.6) is 5.75 Å². The number of hydrogen-bond acceptors (Lipinski definition) is 6. The fraction of sp³-hybridized carbons (Fsp3) is 0.682. The van der Waals surface area contributed by atoms with E-state index in [0.29, 0.717) is 41.9 Å². The van der Waals surface area contributed by atoms with E-state index in [-0.39, 0.29) is 30.1 Å². The molecule has 8 nitrogen and oxygen atoms in total. The smallest absolute Gasteiger partial charge is 0.410 e. The molecule has 170 valence electrons. The number of fused-ring (bicyclic) bond motifs is 2. The van der Waals surface area contributed by atoms with Crippen molar-refractivity contribution < 1.29 is 19.1 Å². The van der Waals surface area contributed by atoms with Crippen molar-refractivity contribution in [2.45, 2.75) is 52.7 Å². The average Bonchev–Trinajstić information content (AvgIpc) is 2.96. The van der Waals surface area contributed by atoms with Crippen molar-refractivity contribution >= 4 is 29.4 Å². The lowest BCUT2D eigenvalue weighted by Gasteiger charge is -2.40. The van der Waals surface area contributed by atoms with E-state index in [1.54, 1.807) is 15.9 Å². The number of rotatable bonds is 1. The molecule has 4 rings (SSSR count). The molecule has 0 aromatic carbocycles. The first-order chi connectivity index (χ1) is 14.4. The zero-order valence-corrected chi connectivity index (χ0v) is 19.7. The van der Waals surface area contributed by atoms with E-state index in [1.807, 2.05) is 20.8 Å². The number of carbonyl (C=O) groups excluding carboxylic acids is 2. The summed E-state index contributed by atoms with van der Waals surface area (Å²) in [5.41, 5.74) is 0.0454. The van der Waals surface area contributed by atoms with Gasteiger partial charge in [-0.15, -0.1) is 0 Å². The van der Waals surface area contributed by atoms with Gasteiger partial charge in [0.15, 0.2) is 0 Å². The maximum absolute atomic E-state index is 13.6. The van der Waals surface area contributed by atoms with Crippen LogP contribution in [0.4, 0.5) is 10.6 Å². The van der Waals surface area contributed by atoms with E-state index in [0.717, 1.165) is 19.5 Å². The summed E-state index contributed by atoms with van der Waals surface area (Å²) in [4.78, 5) is 36.3. The highest BCUT2D eigenvalue weighted by Crippen LogP contribution is 2.39. The van der Waals surface area contributed by atoms with E-state index in [4.69, 9.17) is 21.1 Å². The van der Waals surface area contributed by atoms with Crippen molar-refractivity contribution in [3.05, 3.63) is 16.8 Å². The quantitative estimate of drug-likeness (QED) is 0.610. The lowest BCUT2D eigenvalue weighted by molar-refractivity contribution is 0.000955. The van der Waals surface area contributed by atoms with Crippen LogP contribution in [-0.2, 0) is 4.74 Å². The lowest BCUT2D eigenvalue weighted by Crippen LogP contribution is -2.58. The Kier molecular flexibility index (Phi) is 5.48. The molecular formula is C22H31ClN4O4. The second kappa shape index (κ2) is 7.73. The van der Waals surface area contributed by atoms with Gasteiger partial charge in [0.1, 0.15) is 34.5 Å². The Morgan fingerprint density at radius 2 is 2.03 bits per heavy atom. The van der Waals surface area contributed by atoms with Gasteiger partial charge in [-0.3, -0.25) is 4.79 Å². The van der Waals surface area contributed by atoms with Crippen LogP contribution in [0.25, 0.3) is 0 Å². The van der Waals surface area contributed by atoms with Crippen molar-refractivity contribution in [2.75, 3.05) is 44.2 Å². The molecule has 0 radical (unpaired) electrons. The Bertz CT molecular complexity index is 898. The summed E-state index contributed by atoms with van der Waals surface area (Å²) in [6, 6.07) is 1.35. The van der Waals surface area contributed by atoms with Crippen LogP contribution in [0.1, 0.15) is 51.4 Å². The number of ether oxygens (including phenoxy) is 2. The Labute approximate surface area is 188 Å². The molecular weight excluding hydrogens is 420 g/mol. The molecule has 1 atom stereocenters. The molecule has 2 saturated heterocycles. The maximum Gasteiger partial charge on any atom is 0.410 e. The number of anilines is 1. The molecule has 2 amide bonds. The van der Waals surface area contributed by atoms with Gasteiger partial charge in [-0.2, -0.15) is 0 Å². The van der Waals surface area contributed by atoms with Crippen molar-refractivity contribution in [3.8, 4) is 5.75 Å². The van der Waals surface area contributed by atoms with Crippen LogP contribution >= 0.6 is 11.6 Å². The molecule has 2 fully saturated rings. The molecule has 31 heavy (non-hydrogen) atoms. The summed E-state index contributed by atoms with van der Waals surface area (Å²) in [6.45, 7) is 13.0. The Balaban J connectivity index is 1.59. The molecule has 3 aliphatic rings. The molecule has 0 aliphatic carbocycles. The third-order valence-electron chi connectivity index (χ3n) is 5.95. The molecule has 4 heterocycles. The molecule has 0 bridgehead atoms. The molecule has 0 saturated carbocycles. The van der Waals surface area contributed by atoms with Crippen LogP contribution in [0.15, 0.2) is 6.07 Å². The number of pyridine rings is 1. The number of aromatic nitrogens is 1. The molecule has 1 aromatic rings. The van der Waals surface area contributed by atoms with Gasteiger partial charge >= 0.3 is 6.09 Å². The zero-order chi connectivity index (χ0) is 22.6.